The second kappa shape index (κ2) is 3.49. The van der Waals surface area contributed by atoms with E-state index in [1.165, 1.54) is 0 Å². The second-order valence-corrected chi connectivity index (χ2v) is 3.98. The normalized spacial score (nSPS) is 10.3. The van der Waals surface area contributed by atoms with Crippen LogP contribution in [-0.4, -0.2) is 0 Å². The van der Waals surface area contributed by atoms with E-state index in [4.69, 9.17) is 34.8 Å². The van der Waals surface area contributed by atoms with Gasteiger partial charge >= 0.3 is 0 Å². The summed E-state index contributed by atoms with van der Waals surface area (Å²) in [5.41, 5.74) is 0.936. The highest BCUT2D eigenvalue weighted by atomic mass is 35.5. The molecule has 1 aromatic rings. The lowest BCUT2D eigenvalue weighted by atomic mass is 10.2. The van der Waals surface area contributed by atoms with Gasteiger partial charge in [0.2, 0.25) is 0 Å². The first-order chi connectivity index (χ1) is 5.04. The molecule has 0 saturated heterocycles. The fraction of sp³-hybridized carbons (Fsp3) is 0.143. The van der Waals surface area contributed by atoms with Crippen molar-refractivity contribution in [2.45, 2.75) is 6.92 Å². The summed E-state index contributed by atoms with van der Waals surface area (Å²) in [4.78, 5) is 0. The maximum absolute atomic E-state index is 5.83. The lowest BCUT2D eigenvalue weighted by Gasteiger charge is -2.05. The van der Waals surface area contributed by atoms with Gasteiger partial charge in [0, 0.05) is 0 Å². The van der Waals surface area contributed by atoms with Gasteiger partial charge in [-0.25, -0.2) is 0 Å². The van der Waals surface area contributed by atoms with Crippen molar-refractivity contribution in [3.63, 3.8) is 0 Å². The molecule has 1 aromatic carbocycles. The molecule has 1 rings (SSSR count). The first-order valence-electron chi connectivity index (χ1n) is 2.93. The number of benzene rings is 1. The van der Waals surface area contributed by atoms with Crippen molar-refractivity contribution in [1.82, 2.24) is 0 Å². The van der Waals surface area contributed by atoms with Gasteiger partial charge in [-0.2, -0.15) is 0 Å². The van der Waals surface area contributed by atoms with Crippen molar-refractivity contribution < 1.29 is 0 Å². The maximum atomic E-state index is 5.83. The van der Waals surface area contributed by atoms with E-state index in [2.05, 4.69) is 9.24 Å². The first kappa shape index (κ1) is 9.61. The average Bonchev–Trinajstić information content (AvgIpc) is 1.97. The molecule has 0 bridgehead atoms. The monoisotopic (exact) mass is 226 g/mol. The number of rotatable bonds is 0. The van der Waals surface area contributed by atoms with E-state index < -0.39 is 0 Å². The van der Waals surface area contributed by atoms with Crippen LogP contribution in [0.1, 0.15) is 5.56 Å². The second-order valence-electron chi connectivity index (χ2n) is 2.22. The Morgan fingerprint density at radius 1 is 1.09 bits per heavy atom. The van der Waals surface area contributed by atoms with E-state index in [0.717, 1.165) is 10.9 Å². The van der Waals surface area contributed by atoms with Crippen LogP contribution in [-0.2, 0) is 0 Å². The Morgan fingerprint density at radius 2 is 1.64 bits per heavy atom. The van der Waals surface area contributed by atoms with E-state index in [1.807, 2.05) is 13.0 Å². The minimum absolute atomic E-state index is 0.429. The molecule has 0 amide bonds. The number of halogens is 3. The summed E-state index contributed by atoms with van der Waals surface area (Å²) in [6, 6.07) is 1.88. The molecule has 0 aliphatic heterocycles. The molecular formula is C7H6Cl3P. The van der Waals surface area contributed by atoms with Crippen LogP contribution < -0.4 is 5.30 Å². The molecule has 1 atom stereocenters. The Kier molecular flexibility index (Phi) is 3.05. The third kappa shape index (κ3) is 1.81. The van der Waals surface area contributed by atoms with E-state index in [0.29, 0.717) is 15.1 Å². The van der Waals surface area contributed by atoms with Crippen LogP contribution in [0.2, 0.25) is 15.1 Å². The van der Waals surface area contributed by atoms with Gasteiger partial charge in [0.1, 0.15) is 0 Å². The van der Waals surface area contributed by atoms with Crippen LogP contribution in [0.15, 0.2) is 6.07 Å². The molecule has 1 unspecified atom stereocenters. The zero-order valence-electron chi connectivity index (χ0n) is 5.79. The molecule has 11 heavy (non-hydrogen) atoms. The van der Waals surface area contributed by atoms with Gasteiger partial charge in [-0.1, -0.05) is 34.8 Å². The molecule has 0 aliphatic rings. The van der Waals surface area contributed by atoms with Crippen LogP contribution in [0.3, 0.4) is 0 Å². The van der Waals surface area contributed by atoms with Crippen molar-refractivity contribution in [3.05, 3.63) is 26.7 Å². The summed E-state index contributed by atoms with van der Waals surface area (Å²) >= 11 is 17.5. The quantitative estimate of drug-likeness (QED) is 0.470. The summed E-state index contributed by atoms with van der Waals surface area (Å²) in [6.45, 7) is 1.89. The molecule has 4 heteroatoms. The van der Waals surface area contributed by atoms with Crippen LogP contribution in [0.25, 0.3) is 0 Å². The molecule has 0 heterocycles. The summed E-state index contributed by atoms with van der Waals surface area (Å²) in [5, 5.41) is 2.34. The largest absolute Gasteiger partial charge is 0.104 e. The molecule has 0 fully saturated rings. The van der Waals surface area contributed by atoms with Crippen molar-refractivity contribution in [2.75, 3.05) is 0 Å². The number of hydrogen-bond acceptors (Lipinski definition) is 0. The van der Waals surface area contributed by atoms with Crippen molar-refractivity contribution >= 4 is 49.3 Å². The molecule has 0 aromatic heterocycles. The van der Waals surface area contributed by atoms with Gasteiger partial charge in [0.05, 0.1) is 15.1 Å². The van der Waals surface area contributed by atoms with Crippen LogP contribution >= 0.6 is 44.0 Å². The average molecular weight is 227 g/mol. The zero-order chi connectivity index (χ0) is 8.59. The van der Waals surface area contributed by atoms with Gasteiger partial charge in [0.15, 0.2) is 0 Å². The molecule has 0 spiro atoms. The highest BCUT2D eigenvalue weighted by Gasteiger charge is 2.08. The third-order valence-corrected chi connectivity index (χ3v) is 3.46. The summed E-state index contributed by atoms with van der Waals surface area (Å²) in [6.07, 6.45) is 0. The first-order valence-corrected chi connectivity index (χ1v) is 4.64. The van der Waals surface area contributed by atoms with Gasteiger partial charge in [-0.05, 0) is 23.9 Å². The van der Waals surface area contributed by atoms with E-state index in [9.17, 15) is 0 Å². The molecule has 60 valence electrons. The minimum Gasteiger partial charge on any atom is -0.104 e. The Hall–Kier alpha value is 0.520. The predicted octanol–water partition coefficient (Wildman–Crippen LogP) is 3.46. The Bertz CT molecular complexity index is 270. The molecule has 0 N–H and O–H groups in total. The van der Waals surface area contributed by atoms with Crippen LogP contribution in [0.5, 0.6) is 0 Å². The van der Waals surface area contributed by atoms with E-state index >= 15 is 0 Å². The van der Waals surface area contributed by atoms with Crippen molar-refractivity contribution in [3.8, 4) is 0 Å². The van der Waals surface area contributed by atoms with Gasteiger partial charge < -0.3 is 0 Å². The Labute approximate surface area is 83.0 Å². The highest BCUT2D eigenvalue weighted by molar-refractivity contribution is 7.28. The van der Waals surface area contributed by atoms with Gasteiger partial charge in [-0.3, -0.25) is 0 Å². The third-order valence-electron chi connectivity index (χ3n) is 1.36. The molecule has 0 aliphatic carbocycles. The maximum Gasteiger partial charge on any atom is 0.0787 e. The standard InChI is InChI=1S/C7H6Cl3P/c1-3-2-4(11)6(9)7(10)5(3)8/h2H,11H2,1H3. The number of aryl methyl sites for hydroxylation is 1. The Balaban J connectivity index is 3.46. The van der Waals surface area contributed by atoms with E-state index in [1.54, 1.807) is 0 Å². The smallest absolute Gasteiger partial charge is 0.0787 e. The van der Waals surface area contributed by atoms with Crippen molar-refractivity contribution in [2.24, 2.45) is 0 Å². The lowest BCUT2D eigenvalue weighted by Crippen LogP contribution is -1.95. The molecule has 0 saturated carbocycles. The fourth-order valence-corrected chi connectivity index (χ4v) is 1.85. The molecule has 0 radical (unpaired) electrons. The van der Waals surface area contributed by atoms with Crippen molar-refractivity contribution in [1.29, 1.82) is 0 Å². The SMILES string of the molecule is Cc1cc(P)c(Cl)c(Cl)c1Cl. The minimum atomic E-state index is 0.429. The fourth-order valence-electron chi connectivity index (χ4n) is 0.756. The van der Waals surface area contributed by atoms with E-state index in [-0.39, 0.29) is 0 Å². The topological polar surface area (TPSA) is 0 Å². The highest BCUT2D eigenvalue weighted by Crippen LogP contribution is 2.31. The molecule has 0 nitrogen and oxygen atoms in total. The lowest BCUT2D eigenvalue weighted by molar-refractivity contribution is 1.49. The number of hydrogen-bond donors (Lipinski definition) is 0. The summed E-state index contributed by atoms with van der Waals surface area (Å²) < 4.78 is 0. The van der Waals surface area contributed by atoms with Crippen LogP contribution in [0, 0.1) is 6.92 Å². The summed E-state index contributed by atoms with van der Waals surface area (Å²) in [7, 11) is 2.50. The van der Waals surface area contributed by atoms with Gasteiger partial charge in [0.25, 0.3) is 0 Å². The zero-order valence-corrected chi connectivity index (χ0v) is 9.21. The van der Waals surface area contributed by atoms with Gasteiger partial charge in [-0.15, -0.1) is 9.24 Å². The Morgan fingerprint density at radius 3 is 2.18 bits per heavy atom. The molecular weight excluding hydrogens is 221 g/mol. The predicted molar refractivity (Wildman–Crippen MR) is 55.6 cm³/mol. The van der Waals surface area contributed by atoms with Crippen LogP contribution in [0.4, 0.5) is 0 Å². The summed E-state index contributed by atoms with van der Waals surface area (Å²) in [5.74, 6) is 0.